The van der Waals surface area contributed by atoms with Gasteiger partial charge in [0.25, 0.3) is 5.78 Å². The van der Waals surface area contributed by atoms with E-state index in [1.54, 1.807) is 38.1 Å². The zero-order valence-corrected chi connectivity index (χ0v) is 24.9. The third kappa shape index (κ3) is 5.04. The molecular weight excluding hydrogens is 556 g/mol. The molecule has 4 heterocycles. The molecule has 1 fully saturated rings. The summed E-state index contributed by atoms with van der Waals surface area (Å²) in [4.78, 5) is 50.1. The van der Waals surface area contributed by atoms with E-state index in [1.165, 1.54) is 12.0 Å². The van der Waals surface area contributed by atoms with Gasteiger partial charge in [-0.15, -0.1) is 0 Å². The highest BCUT2D eigenvalue weighted by Crippen LogP contribution is 2.44. The Hall–Kier alpha value is -4.51. The molecular formula is C31H32N4O6S. The number of aromatic nitrogens is 3. The van der Waals surface area contributed by atoms with Gasteiger partial charge in [-0.3, -0.25) is 14.5 Å². The molecule has 0 saturated carbocycles. The highest BCUT2D eigenvalue weighted by molar-refractivity contribution is 7.17. The molecule has 1 aromatic carbocycles. The number of ether oxygens (including phenoxy) is 2. The molecule has 5 rings (SSSR count). The lowest BCUT2D eigenvalue weighted by Gasteiger charge is -2.23. The van der Waals surface area contributed by atoms with Crippen LogP contribution in [0.5, 0.6) is 5.75 Å². The van der Waals surface area contributed by atoms with Gasteiger partial charge in [-0.05, 0) is 56.5 Å². The van der Waals surface area contributed by atoms with E-state index in [0.717, 1.165) is 36.2 Å². The SMILES string of the molecule is CCCCCOc1ccc(C2C(=C(O)c3nc4c(C)cccn4c3C)C(=O)C(=O)N2c2nc(C)c(C(=O)OC)s2)cc1. The summed E-state index contributed by atoms with van der Waals surface area (Å²) in [5.41, 5.74) is 3.14. The third-order valence-corrected chi connectivity index (χ3v) is 8.46. The molecule has 1 aliphatic rings. The number of rotatable bonds is 9. The highest BCUT2D eigenvalue weighted by Gasteiger charge is 2.49. The number of anilines is 1. The summed E-state index contributed by atoms with van der Waals surface area (Å²) in [6.45, 7) is 8.02. The summed E-state index contributed by atoms with van der Waals surface area (Å²) in [6.07, 6.45) is 4.90. The van der Waals surface area contributed by atoms with Gasteiger partial charge < -0.3 is 19.0 Å². The Bertz CT molecular complexity index is 1720. The minimum absolute atomic E-state index is 0.117. The lowest BCUT2D eigenvalue weighted by Crippen LogP contribution is -2.29. The van der Waals surface area contributed by atoms with Crippen molar-refractivity contribution in [1.29, 1.82) is 0 Å². The topological polar surface area (TPSA) is 123 Å². The maximum absolute atomic E-state index is 13.6. The van der Waals surface area contributed by atoms with Crippen molar-refractivity contribution in [3.8, 4) is 5.75 Å². The number of thiazole rings is 1. The van der Waals surface area contributed by atoms with Crippen molar-refractivity contribution in [3.63, 3.8) is 0 Å². The van der Waals surface area contributed by atoms with Crippen LogP contribution in [0.2, 0.25) is 0 Å². The normalized spacial score (nSPS) is 16.4. The van der Waals surface area contributed by atoms with Crippen LogP contribution in [-0.4, -0.2) is 50.9 Å². The van der Waals surface area contributed by atoms with E-state index in [0.29, 0.717) is 35.0 Å². The number of benzene rings is 1. The first-order chi connectivity index (χ1) is 20.2. The fraction of sp³-hybridized carbons (Fsp3) is 0.323. The Morgan fingerprint density at radius 3 is 2.48 bits per heavy atom. The number of ketones is 1. The maximum atomic E-state index is 13.6. The van der Waals surface area contributed by atoms with Crippen LogP contribution in [0.15, 0.2) is 48.2 Å². The van der Waals surface area contributed by atoms with Gasteiger partial charge in [-0.25, -0.2) is 14.8 Å². The molecule has 11 heteroatoms. The van der Waals surface area contributed by atoms with E-state index in [-0.39, 0.29) is 27.0 Å². The van der Waals surface area contributed by atoms with Crippen LogP contribution in [0.25, 0.3) is 11.4 Å². The molecule has 42 heavy (non-hydrogen) atoms. The van der Waals surface area contributed by atoms with Crippen molar-refractivity contribution in [3.05, 3.63) is 81.3 Å². The monoisotopic (exact) mass is 588 g/mol. The Kier molecular flexibility index (Phi) is 8.13. The second-order valence-electron chi connectivity index (χ2n) is 10.1. The number of aryl methyl sites for hydroxylation is 3. The first-order valence-corrected chi connectivity index (χ1v) is 14.5. The van der Waals surface area contributed by atoms with Crippen LogP contribution < -0.4 is 9.64 Å². The van der Waals surface area contributed by atoms with Gasteiger partial charge in [-0.2, -0.15) is 0 Å². The predicted molar refractivity (Wildman–Crippen MR) is 159 cm³/mol. The minimum Gasteiger partial charge on any atom is -0.505 e. The minimum atomic E-state index is -1.03. The molecule has 1 atom stereocenters. The lowest BCUT2D eigenvalue weighted by atomic mass is 9.96. The molecule has 0 spiro atoms. The Balaban J connectivity index is 1.65. The van der Waals surface area contributed by atoms with Gasteiger partial charge in [0.1, 0.15) is 22.0 Å². The number of carbonyl (C=O) groups excluding carboxylic acids is 3. The van der Waals surface area contributed by atoms with Crippen molar-refractivity contribution < 1.29 is 29.0 Å². The van der Waals surface area contributed by atoms with E-state index in [9.17, 15) is 19.5 Å². The van der Waals surface area contributed by atoms with Crippen LogP contribution in [-0.2, 0) is 14.3 Å². The number of hydrogen-bond donors (Lipinski definition) is 1. The smallest absolute Gasteiger partial charge is 0.350 e. The van der Waals surface area contributed by atoms with E-state index >= 15 is 0 Å². The molecule has 1 unspecified atom stereocenters. The van der Waals surface area contributed by atoms with E-state index in [2.05, 4.69) is 16.9 Å². The maximum Gasteiger partial charge on any atom is 0.350 e. The molecule has 3 aromatic heterocycles. The van der Waals surface area contributed by atoms with Crippen molar-refractivity contribution >= 4 is 45.5 Å². The average Bonchev–Trinajstić information content (AvgIpc) is 3.62. The largest absolute Gasteiger partial charge is 0.505 e. The van der Waals surface area contributed by atoms with Crippen molar-refractivity contribution in [2.45, 2.75) is 53.0 Å². The summed E-state index contributed by atoms with van der Waals surface area (Å²) in [5, 5.41) is 11.8. The summed E-state index contributed by atoms with van der Waals surface area (Å²) < 4.78 is 12.6. The van der Waals surface area contributed by atoms with Crippen molar-refractivity contribution in [2.75, 3.05) is 18.6 Å². The fourth-order valence-corrected chi connectivity index (χ4v) is 6.09. The summed E-state index contributed by atoms with van der Waals surface area (Å²) >= 11 is 0.950. The number of aliphatic hydroxyl groups is 1. The van der Waals surface area contributed by atoms with Crippen LogP contribution in [0.3, 0.4) is 0 Å². The van der Waals surface area contributed by atoms with Crippen molar-refractivity contribution in [1.82, 2.24) is 14.4 Å². The predicted octanol–water partition coefficient (Wildman–Crippen LogP) is 5.70. The van der Waals surface area contributed by atoms with Crippen molar-refractivity contribution in [2.24, 2.45) is 0 Å². The molecule has 1 amide bonds. The van der Waals surface area contributed by atoms with Gasteiger partial charge in [0, 0.05) is 6.20 Å². The molecule has 0 radical (unpaired) electrons. The number of carbonyl (C=O) groups is 3. The van der Waals surface area contributed by atoms with Crippen LogP contribution >= 0.6 is 11.3 Å². The van der Waals surface area contributed by atoms with Crippen LogP contribution in [0, 0.1) is 20.8 Å². The zero-order chi connectivity index (χ0) is 30.1. The Morgan fingerprint density at radius 1 is 1.07 bits per heavy atom. The Labute approximate surface area is 247 Å². The molecule has 0 bridgehead atoms. The fourth-order valence-electron chi connectivity index (χ4n) is 5.07. The number of fused-ring (bicyclic) bond motifs is 1. The highest BCUT2D eigenvalue weighted by atomic mass is 32.1. The number of amides is 1. The molecule has 4 aromatic rings. The van der Waals surface area contributed by atoms with Gasteiger partial charge >= 0.3 is 11.9 Å². The summed E-state index contributed by atoms with van der Waals surface area (Å²) in [6, 6.07) is 9.81. The molecule has 10 nitrogen and oxygen atoms in total. The van der Waals surface area contributed by atoms with E-state index in [1.807, 2.05) is 29.7 Å². The second-order valence-corrected chi connectivity index (χ2v) is 11.1. The quantitative estimate of drug-likeness (QED) is 0.0869. The lowest BCUT2D eigenvalue weighted by molar-refractivity contribution is -0.132. The first kappa shape index (κ1) is 29.0. The van der Waals surface area contributed by atoms with Crippen LogP contribution in [0.4, 0.5) is 5.13 Å². The number of nitrogens with zero attached hydrogens (tertiary/aromatic N) is 4. The number of aliphatic hydroxyl groups excluding tert-OH is 1. The number of unbranched alkanes of at least 4 members (excludes halogenated alkanes) is 2. The number of hydrogen-bond acceptors (Lipinski definition) is 9. The molecule has 1 N–H and O–H groups in total. The van der Waals surface area contributed by atoms with Gasteiger partial charge in [-0.1, -0.05) is 49.3 Å². The van der Waals surface area contributed by atoms with E-state index in [4.69, 9.17) is 9.47 Å². The summed E-state index contributed by atoms with van der Waals surface area (Å²) in [7, 11) is 1.26. The zero-order valence-electron chi connectivity index (χ0n) is 24.1. The number of esters is 1. The van der Waals surface area contributed by atoms with Gasteiger partial charge in [0.05, 0.1) is 36.7 Å². The van der Waals surface area contributed by atoms with Gasteiger partial charge in [0.15, 0.2) is 10.9 Å². The Morgan fingerprint density at radius 2 is 1.81 bits per heavy atom. The molecule has 218 valence electrons. The number of methoxy groups -OCH3 is 1. The number of Topliss-reactive ketones (excluding diaryl/α,β-unsaturated/α-hetero) is 1. The third-order valence-electron chi connectivity index (χ3n) is 7.33. The van der Waals surface area contributed by atoms with Crippen LogP contribution in [0.1, 0.15) is 70.1 Å². The average molecular weight is 589 g/mol. The molecule has 0 aliphatic carbocycles. The number of imidazole rings is 1. The van der Waals surface area contributed by atoms with Gasteiger partial charge in [0.2, 0.25) is 0 Å². The standard InChI is InChI=1S/C31H32N4O6S/c1-6-7-8-16-41-21-13-11-20(12-14-21)24-22(25(36)23-19(4)34-15-9-10-17(2)28(34)33-23)26(37)29(38)35(24)31-32-18(3)27(42-31)30(39)40-5/h9-15,24,36H,6-8,16H2,1-5H3. The second kappa shape index (κ2) is 11.8. The van der Waals surface area contributed by atoms with E-state index < -0.39 is 23.7 Å². The molecule has 1 aliphatic heterocycles. The first-order valence-electron chi connectivity index (χ1n) is 13.7. The number of pyridine rings is 1. The molecule has 1 saturated heterocycles. The summed E-state index contributed by atoms with van der Waals surface area (Å²) in [5.74, 6) is -2.08.